The Morgan fingerprint density at radius 3 is 2.20 bits per heavy atom. The molecule has 0 aliphatic carbocycles. The molecule has 1 aromatic rings. The van der Waals surface area contributed by atoms with Crippen molar-refractivity contribution in [2.24, 2.45) is 0 Å². The third-order valence-corrected chi connectivity index (χ3v) is 2.86. The van der Waals surface area contributed by atoms with Gasteiger partial charge in [-0.15, -0.1) is 13.2 Å². The molecule has 0 radical (unpaired) electrons. The van der Waals surface area contributed by atoms with E-state index in [1.807, 2.05) is 0 Å². The number of rotatable bonds is 2. The third-order valence-electron chi connectivity index (χ3n) is 1.81. The molecule has 0 unspecified atom stereocenters. The predicted octanol–water partition coefficient (Wildman–Crippen LogP) is 3.39. The maximum absolute atomic E-state index is 12.7. The number of carbonyl (C=O) groups is 1. The lowest BCUT2D eigenvalue weighted by atomic mass is 10.2. The standard InChI is InChI=1S/C9H4F6INO3/c1-19-7(18)3-2-4(20-9(13,14)15)5(16)6(17-3)8(10,11)12/h2H,1H3. The number of nitrogens with zero attached hydrogens (tertiary/aromatic N) is 1. The van der Waals surface area contributed by atoms with E-state index in [0.717, 1.165) is 29.7 Å². The summed E-state index contributed by atoms with van der Waals surface area (Å²) in [4.78, 5) is 14.1. The van der Waals surface area contributed by atoms with Crippen LogP contribution in [0.3, 0.4) is 0 Å². The van der Waals surface area contributed by atoms with Crippen molar-refractivity contribution in [3.63, 3.8) is 0 Å². The van der Waals surface area contributed by atoms with Gasteiger partial charge in [0, 0.05) is 6.07 Å². The number of carbonyl (C=O) groups excluding carboxylic acids is 1. The number of methoxy groups -OCH3 is 1. The van der Waals surface area contributed by atoms with E-state index in [-0.39, 0.29) is 0 Å². The zero-order chi connectivity index (χ0) is 15.7. The number of halogens is 7. The topological polar surface area (TPSA) is 48.4 Å². The molecule has 11 heteroatoms. The van der Waals surface area contributed by atoms with Gasteiger partial charge in [-0.3, -0.25) is 0 Å². The van der Waals surface area contributed by atoms with Crippen LogP contribution < -0.4 is 4.74 Å². The summed E-state index contributed by atoms with van der Waals surface area (Å²) in [7, 11) is 0.847. The highest BCUT2D eigenvalue weighted by molar-refractivity contribution is 14.1. The third kappa shape index (κ3) is 4.11. The fourth-order valence-electron chi connectivity index (χ4n) is 1.10. The van der Waals surface area contributed by atoms with Gasteiger partial charge in [-0.2, -0.15) is 13.2 Å². The Kier molecular flexibility index (Phi) is 4.71. The highest BCUT2D eigenvalue weighted by Gasteiger charge is 2.40. The van der Waals surface area contributed by atoms with Gasteiger partial charge in [0.1, 0.15) is 5.75 Å². The second-order valence-corrected chi connectivity index (χ2v) is 4.28. The first kappa shape index (κ1) is 16.8. The van der Waals surface area contributed by atoms with Gasteiger partial charge in [0.15, 0.2) is 11.4 Å². The normalized spacial score (nSPS) is 12.2. The summed E-state index contributed by atoms with van der Waals surface area (Å²) in [5.41, 5.74) is -2.61. The summed E-state index contributed by atoms with van der Waals surface area (Å²) >= 11 is 0.999. The van der Waals surface area contributed by atoms with Crippen LogP contribution in [-0.2, 0) is 10.9 Å². The molecule has 0 saturated carbocycles. The molecule has 0 aliphatic heterocycles. The molecule has 20 heavy (non-hydrogen) atoms. The summed E-state index contributed by atoms with van der Waals surface area (Å²) in [6.07, 6.45) is -10.3. The van der Waals surface area contributed by atoms with E-state index in [4.69, 9.17) is 0 Å². The zero-order valence-corrected chi connectivity index (χ0v) is 11.6. The number of hydrogen-bond acceptors (Lipinski definition) is 4. The van der Waals surface area contributed by atoms with Gasteiger partial charge in [0.25, 0.3) is 0 Å². The molecule has 1 rings (SSSR count). The zero-order valence-electron chi connectivity index (χ0n) is 9.40. The van der Waals surface area contributed by atoms with E-state index in [2.05, 4.69) is 14.5 Å². The van der Waals surface area contributed by atoms with Crippen LogP contribution >= 0.6 is 22.6 Å². The predicted molar refractivity (Wildman–Crippen MR) is 60.0 cm³/mol. The lowest BCUT2D eigenvalue weighted by Crippen LogP contribution is -2.21. The van der Waals surface area contributed by atoms with Crippen LogP contribution in [0, 0.1) is 3.57 Å². The average Bonchev–Trinajstić information content (AvgIpc) is 2.27. The number of aromatic nitrogens is 1. The van der Waals surface area contributed by atoms with Crippen molar-refractivity contribution in [3.05, 3.63) is 21.0 Å². The van der Waals surface area contributed by atoms with Gasteiger partial charge < -0.3 is 9.47 Å². The van der Waals surface area contributed by atoms with Crippen LogP contribution in [0.1, 0.15) is 16.2 Å². The lowest BCUT2D eigenvalue weighted by molar-refractivity contribution is -0.275. The Morgan fingerprint density at radius 1 is 1.25 bits per heavy atom. The molecule has 0 spiro atoms. The van der Waals surface area contributed by atoms with Gasteiger partial charge in [-0.1, -0.05) is 0 Å². The molecule has 0 atom stereocenters. The molecule has 0 fully saturated rings. The first-order chi connectivity index (χ1) is 8.95. The Balaban J connectivity index is 3.47. The molecule has 0 saturated heterocycles. The van der Waals surface area contributed by atoms with Crippen LogP contribution in [0.25, 0.3) is 0 Å². The van der Waals surface area contributed by atoms with Crippen LogP contribution in [0.5, 0.6) is 5.75 Å². The van der Waals surface area contributed by atoms with Crippen molar-refractivity contribution >= 4 is 28.6 Å². The second kappa shape index (κ2) is 5.61. The summed E-state index contributed by atoms with van der Waals surface area (Å²) in [5.74, 6) is -2.50. The van der Waals surface area contributed by atoms with Crippen molar-refractivity contribution in [1.82, 2.24) is 4.98 Å². The number of ether oxygens (including phenoxy) is 2. The SMILES string of the molecule is COC(=O)c1cc(OC(F)(F)F)c(I)c(C(F)(F)F)n1. The smallest absolute Gasteiger partial charge is 0.464 e. The minimum Gasteiger partial charge on any atom is -0.464 e. The molecule has 0 bridgehead atoms. The Labute approximate surface area is 121 Å². The van der Waals surface area contributed by atoms with E-state index in [9.17, 15) is 31.1 Å². The van der Waals surface area contributed by atoms with Gasteiger partial charge in [-0.05, 0) is 22.6 Å². The second-order valence-electron chi connectivity index (χ2n) is 3.21. The van der Waals surface area contributed by atoms with Gasteiger partial charge in [-0.25, -0.2) is 9.78 Å². The van der Waals surface area contributed by atoms with Crippen molar-refractivity contribution in [2.75, 3.05) is 7.11 Å². The quantitative estimate of drug-likeness (QED) is 0.423. The highest BCUT2D eigenvalue weighted by Crippen LogP contribution is 2.37. The average molecular weight is 415 g/mol. The van der Waals surface area contributed by atoms with Crippen LogP contribution in [0.15, 0.2) is 6.07 Å². The molecule has 0 N–H and O–H groups in total. The summed E-state index contributed by atoms with van der Waals surface area (Å²) in [6.45, 7) is 0. The summed E-state index contributed by atoms with van der Waals surface area (Å²) < 4.78 is 81.0. The summed E-state index contributed by atoms with van der Waals surface area (Å²) in [6, 6.07) is 0.427. The molecular weight excluding hydrogens is 411 g/mol. The first-order valence-corrected chi connectivity index (χ1v) is 5.65. The van der Waals surface area contributed by atoms with Crippen molar-refractivity contribution in [3.8, 4) is 5.75 Å². The molecule has 0 aromatic carbocycles. The van der Waals surface area contributed by atoms with Crippen molar-refractivity contribution in [1.29, 1.82) is 0 Å². The number of alkyl halides is 6. The van der Waals surface area contributed by atoms with E-state index in [1.165, 1.54) is 0 Å². The summed E-state index contributed by atoms with van der Waals surface area (Å²) in [5, 5.41) is 0. The molecule has 4 nitrogen and oxygen atoms in total. The maximum atomic E-state index is 12.7. The molecule has 0 aliphatic rings. The van der Waals surface area contributed by atoms with E-state index >= 15 is 0 Å². The Bertz CT molecular complexity index is 528. The van der Waals surface area contributed by atoms with E-state index in [1.54, 1.807) is 0 Å². The molecule has 1 aromatic heterocycles. The fraction of sp³-hybridized carbons (Fsp3) is 0.333. The number of esters is 1. The fourth-order valence-corrected chi connectivity index (χ4v) is 1.79. The van der Waals surface area contributed by atoms with E-state index in [0.29, 0.717) is 6.07 Å². The Morgan fingerprint density at radius 2 is 1.80 bits per heavy atom. The van der Waals surface area contributed by atoms with Crippen molar-refractivity contribution < 1.29 is 40.6 Å². The maximum Gasteiger partial charge on any atom is 0.573 e. The van der Waals surface area contributed by atoms with Crippen LogP contribution in [0.2, 0.25) is 0 Å². The Hall–Kier alpha value is -1.27. The van der Waals surface area contributed by atoms with Gasteiger partial charge in [0.05, 0.1) is 10.7 Å². The van der Waals surface area contributed by atoms with E-state index < -0.39 is 39.2 Å². The van der Waals surface area contributed by atoms with Crippen LogP contribution in [0.4, 0.5) is 26.3 Å². The lowest BCUT2D eigenvalue weighted by Gasteiger charge is -2.15. The molecule has 1 heterocycles. The largest absolute Gasteiger partial charge is 0.573 e. The molecular formula is C9H4F6INO3. The first-order valence-electron chi connectivity index (χ1n) is 4.57. The van der Waals surface area contributed by atoms with Gasteiger partial charge >= 0.3 is 18.5 Å². The molecule has 112 valence electrons. The number of pyridine rings is 1. The number of hydrogen-bond donors (Lipinski definition) is 0. The monoisotopic (exact) mass is 415 g/mol. The molecule has 0 amide bonds. The highest BCUT2D eigenvalue weighted by atomic mass is 127. The minimum absolute atomic E-state index is 0.427. The van der Waals surface area contributed by atoms with Crippen LogP contribution in [-0.4, -0.2) is 24.4 Å². The van der Waals surface area contributed by atoms with Gasteiger partial charge in [0.2, 0.25) is 0 Å². The minimum atomic E-state index is -5.21. The van der Waals surface area contributed by atoms with Crippen molar-refractivity contribution in [2.45, 2.75) is 12.5 Å².